The Kier molecular flexibility index (Phi) is 7.09. The van der Waals surface area contributed by atoms with Crippen LogP contribution in [0.5, 0.6) is 0 Å². The molecule has 0 amide bonds. The van der Waals surface area contributed by atoms with Crippen LogP contribution in [-0.4, -0.2) is 61.2 Å². The van der Waals surface area contributed by atoms with Crippen LogP contribution in [0.1, 0.15) is 40.5 Å². The second kappa shape index (κ2) is 8.06. The van der Waals surface area contributed by atoms with Crippen molar-refractivity contribution in [3.8, 4) is 0 Å². The highest BCUT2D eigenvalue weighted by molar-refractivity contribution is 4.77. The van der Waals surface area contributed by atoms with Crippen molar-refractivity contribution in [2.75, 3.05) is 39.3 Å². The minimum atomic E-state index is 0.630. The van der Waals surface area contributed by atoms with Crippen molar-refractivity contribution in [3.05, 3.63) is 0 Å². The maximum absolute atomic E-state index is 3.57. The van der Waals surface area contributed by atoms with Crippen molar-refractivity contribution in [2.45, 2.75) is 52.6 Å². The quantitative estimate of drug-likeness (QED) is 0.733. The molecule has 3 heteroatoms. The van der Waals surface area contributed by atoms with Crippen LogP contribution in [0.4, 0.5) is 0 Å². The monoisotopic (exact) mass is 241 g/mol. The van der Waals surface area contributed by atoms with Crippen LogP contribution < -0.4 is 5.32 Å². The van der Waals surface area contributed by atoms with Crippen molar-refractivity contribution in [1.29, 1.82) is 0 Å². The van der Waals surface area contributed by atoms with Gasteiger partial charge in [0.05, 0.1) is 0 Å². The van der Waals surface area contributed by atoms with Gasteiger partial charge in [0.1, 0.15) is 0 Å². The smallest absolute Gasteiger partial charge is 0.0166 e. The molecule has 0 aromatic heterocycles. The minimum Gasteiger partial charge on any atom is -0.313 e. The zero-order valence-corrected chi connectivity index (χ0v) is 12.2. The first-order valence-corrected chi connectivity index (χ1v) is 7.37. The van der Waals surface area contributed by atoms with Gasteiger partial charge in [-0.1, -0.05) is 13.8 Å². The van der Waals surface area contributed by atoms with Crippen molar-refractivity contribution in [1.82, 2.24) is 15.1 Å². The Morgan fingerprint density at radius 1 is 1.06 bits per heavy atom. The molecule has 1 aliphatic heterocycles. The van der Waals surface area contributed by atoms with E-state index in [1.165, 1.54) is 45.6 Å². The molecule has 0 aliphatic carbocycles. The van der Waals surface area contributed by atoms with Crippen LogP contribution in [0.25, 0.3) is 0 Å². The Bertz CT molecular complexity index is 188. The highest BCUT2D eigenvalue weighted by Crippen LogP contribution is 2.08. The summed E-state index contributed by atoms with van der Waals surface area (Å²) in [6, 6.07) is 1.39. The van der Waals surface area contributed by atoms with E-state index in [0.29, 0.717) is 6.04 Å². The van der Waals surface area contributed by atoms with Crippen LogP contribution >= 0.6 is 0 Å². The van der Waals surface area contributed by atoms with Crippen molar-refractivity contribution >= 4 is 0 Å². The van der Waals surface area contributed by atoms with E-state index in [-0.39, 0.29) is 0 Å². The third-order valence-corrected chi connectivity index (χ3v) is 3.90. The van der Waals surface area contributed by atoms with Gasteiger partial charge in [-0.2, -0.15) is 0 Å². The number of hydrogen-bond acceptors (Lipinski definition) is 3. The molecule has 1 saturated heterocycles. The van der Waals surface area contributed by atoms with Crippen molar-refractivity contribution in [3.63, 3.8) is 0 Å². The fourth-order valence-electron chi connectivity index (χ4n) is 2.49. The standard InChI is InChI=1S/C14H31N3/c1-5-7-15-13(3)12-16-8-10-17(11-9-16)14(4)6-2/h13-15H,5-12H2,1-4H3. The Balaban J connectivity index is 2.18. The van der Waals surface area contributed by atoms with E-state index in [0.717, 1.165) is 12.6 Å². The lowest BCUT2D eigenvalue weighted by Gasteiger charge is -2.38. The molecule has 1 N–H and O–H groups in total. The Morgan fingerprint density at radius 3 is 2.24 bits per heavy atom. The Labute approximate surface area is 108 Å². The maximum atomic E-state index is 3.57. The predicted molar refractivity (Wildman–Crippen MR) is 75.5 cm³/mol. The minimum absolute atomic E-state index is 0.630. The average Bonchev–Trinajstić information content (AvgIpc) is 2.36. The second-order valence-corrected chi connectivity index (χ2v) is 5.45. The molecule has 0 bridgehead atoms. The molecule has 1 aliphatic rings. The second-order valence-electron chi connectivity index (χ2n) is 5.45. The lowest BCUT2D eigenvalue weighted by Crippen LogP contribution is -2.52. The third kappa shape index (κ3) is 5.36. The summed E-state index contributed by atoms with van der Waals surface area (Å²) in [5, 5.41) is 3.57. The fraction of sp³-hybridized carbons (Fsp3) is 1.00. The van der Waals surface area contributed by atoms with Gasteiger partial charge in [-0.3, -0.25) is 9.80 Å². The van der Waals surface area contributed by atoms with E-state index in [1.807, 2.05) is 0 Å². The first-order valence-electron chi connectivity index (χ1n) is 7.37. The molecule has 1 fully saturated rings. The van der Waals surface area contributed by atoms with E-state index >= 15 is 0 Å². The molecule has 2 unspecified atom stereocenters. The van der Waals surface area contributed by atoms with Gasteiger partial charge in [0.2, 0.25) is 0 Å². The molecule has 0 spiro atoms. The van der Waals surface area contributed by atoms with E-state index < -0.39 is 0 Å². The highest BCUT2D eigenvalue weighted by Gasteiger charge is 2.20. The van der Waals surface area contributed by atoms with Crippen LogP contribution in [0.2, 0.25) is 0 Å². The predicted octanol–water partition coefficient (Wildman–Crippen LogP) is 1.79. The van der Waals surface area contributed by atoms with E-state index in [2.05, 4.69) is 42.8 Å². The fourth-order valence-corrected chi connectivity index (χ4v) is 2.49. The van der Waals surface area contributed by atoms with Gasteiger partial charge in [0.25, 0.3) is 0 Å². The van der Waals surface area contributed by atoms with Gasteiger partial charge in [0, 0.05) is 44.8 Å². The number of nitrogens with zero attached hydrogens (tertiary/aromatic N) is 2. The molecule has 0 radical (unpaired) electrons. The number of nitrogens with one attached hydrogen (secondary N) is 1. The van der Waals surface area contributed by atoms with Gasteiger partial charge in [-0.15, -0.1) is 0 Å². The molecular formula is C14H31N3. The molecule has 3 nitrogen and oxygen atoms in total. The highest BCUT2D eigenvalue weighted by atomic mass is 15.3. The molecule has 0 saturated carbocycles. The zero-order chi connectivity index (χ0) is 12.7. The van der Waals surface area contributed by atoms with Crippen LogP contribution in [0.3, 0.4) is 0 Å². The normalized spacial score (nSPS) is 22.6. The van der Waals surface area contributed by atoms with Gasteiger partial charge in [-0.05, 0) is 33.2 Å². The van der Waals surface area contributed by atoms with Gasteiger partial charge in [-0.25, -0.2) is 0 Å². The lowest BCUT2D eigenvalue weighted by atomic mass is 10.2. The van der Waals surface area contributed by atoms with Gasteiger partial charge >= 0.3 is 0 Å². The summed E-state index contributed by atoms with van der Waals surface area (Å²) < 4.78 is 0. The molecule has 0 aromatic rings. The topological polar surface area (TPSA) is 18.5 Å². The number of piperazine rings is 1. The molecule has 0 aromatic carbocycles. The number of hydrogen-bond donors (Lipinski definition) is 1. The summed E-state index contributed by atoms with van der Waals surface area (Å²) in [6.45, 7) is 16.5. The Morgan fingerprint density at radius 2 is 1.71 bits per heavy atom. The first kappa shape index (κ1) is 14.9. The van der Waals surface area contributed by atoms with Crippen molar-refractivity contribution < 1.29 is 0 Å². The molecular weight excluding hydrogens is 210 g/mol. The molecule has 17 heavy (non-hydrogen) atoms. The summed E-state index contributed by atoms with van der Waals surface area (Å²) in [4.78, 5) is 5.23. The maximum Gasteiger partial charge on any atom is 0.0166 e. The summed E-state index contributed by atoms with van der Waals surface area (Å²) in [5.41, 5.74) is 0. The average molecular weight is 241 g/mol. The zero-order valence-electron chi connectivity index (χ0n) is 12.2. The van der Waals surface area contributed by atoms with Crippen LogP contribution in [0, 0.1) is 0 Å². The van der Waals surface area contributed by atoms with E-state index in [9.17, 15) is 0 Å². The SMILES string of the molecule is CCCNC(C)CN1CCN(C(C)CC)CC1. The third-order valence-electron chi connectivity index (χ3n) is 3.90. The van der Waals surface area contributed by atoms with Crippen LogP contribution in [-0.2, 0) is 0 Å². The molecule has 1 heterocycles. The Hall–Kier alpha value is -0.120. The molecule has 2 atom stereocenters. The lowest BCUT2D eigenvalue weighted by molar-refractivity contribution is 0.0953. The summed E-state index contributed by atoms with van der Waals surface area (Å²) >= 11 is 0. The van der Waals surface area contributed by atoms with Gasteiger partial charge < -0.3 is 5.32 Å². The summed E-state index contributed by atoms with van der Waals surface area (Å²) in [5.74, 6) is 0. The number of rotatable bonds is 7. The van der Waals surface area contributed by atoms with Crippen molar-refractivity contribution in [2.24, 2.45) is 0 Å². The largest absolute Gasteiger partial charge is 0.313 e. The first-order chi connectivity index (χ1) is 8.17. The van der Waals surface area contributed by atoms with E-state index in [1.54, 1.807) is 0 Å². The summed E-state index contributed by atoms with van der Waals surface area (Å²) in [6.07, 6.45) is 2.50. The molecule has 1 rings (SSSR count). The summed E-state index contributed by atoms with van der Waals surface area (Å²) in [7, 11) is 0. The van der Waals surface area contributed by atoms with Gasteiger partial charge in [0.15, 0.2) is 0 Å². The molecule has 102 valence electrons. The van der Waals surface area contributed by atoms with E-state index in [4.69, 9.17) is 0 Å². The van der Waals surface area contributed by atoms with Crippen LogP contribution in [0.15, 0.2) is 0 Å².